The highest BCUT2D eigenvalue weighted by Crippen LogP contribution is 2.36. The highest BCUT2D eigenvalue weighted by Gasteiger charge is 2.12. The smallest absolute Gasteiger partial charge is 0.0488 e. The first-order valence-corrected chi connectivity index (χ1v) is 8.37. The molecule has 1 heteroatoms. The molecule has 118 valence electrons. The molecular weight excluding hydrogens is 290 g/mol. The van der Waals surface area contributed by atoms with Crippen molar-refractivity contribution in [2.75, 3.05) is 11.9 Å². The van der Waals surface area contributed by atoms with E-state index >= 15 is 0 Å². The number of hydrogen-bond donors (Lipinski definition) is 0. The SMILES string of the molecule is Cc1ccc(N(C)c2ccc(C)c3ccccc23)c2ccccc12. The summed E-state index contributed by atoms with van der Waals surface area (Å²) in [6.07, 6.45) is 0. The summed E-state index contributed by atoms with van der Waals surface area (Å²) in [4.78, 5) is 2.31. The molecule has 0 N–H and O–H groups in total. The summed E-state index contributed by atoms with van der Waals surface area (Å²) in [5.74, 6) is 0. The largest absolute Gasteiger partial charge is 0.344 e. The zero-order valence-electron chi connectivity index (χ0n) is 14.4. The Balaban J connectivity index is 1.97. The van der Waals surface area contributed by atoms with Crippen molar-refractivity contribution >= 4 is 32.9 Å². The minimum atomic E-state index is 1.24. The number of anilines is 2. The third-order valence-corrected chi connectivity index (χ3v) is 4.96. The second-order valence-corrected chi connectivity index (χ2v) is 6.45. The van der Waals surface area contributed by atoms with Crippen LogP contribution in [0.15, 0.2) is 72.8 Å². The van der Waals surface area contributed by atoms with Gasteiger partial charge in [-0.1, -0.05) is 60.7 Å². The van der Waals surface area contributed by atoms with E-state index in [0.29, 0.717) is 0 Å². The molecule has 1 nitrogen and oxygen atoms in total. The summed E-state index contributed by atoms with van der Waals surface area (Å²) in [7, 11) is 2.16. The molecule has 0 heterocycles. The monoisotopic (exact) mass is 311 g/mol. The highest BCUT2D eigenvalue weighted by atomic mass is 15.1. The minimum absolute atomic E-state index is 1.24. The molecule has 0 bridgehead atoms. The Bertz CT molecular complexity index is 961. The first kappa shape index (κ1) is 14.8. The molecule has 0 aromatic heterocycles. The summed E-state index contributed by atoms with van der Waals surface area (Å²) < 4.78 is 0. The summed E-state index contributed by atoms with van der Waals surface area (Å²) in [5.41, 5.74) is 5.11. The molecule has 0 saturated heterocycles. The number of benzene rings is 4. The van der Waals surface area contributed by atoms with E-state index in [4.69, 9.17) is 0 Å². The Labute approximate surface area is 143 Å². The van der Waals surface area contributed by atoms with Gasteiger partial charge < -0.3 is 4.90 Å². The van der Waals surface area contributed by atoms with Gasteiger partial charge in [-0.2, -0.15) is 0 Å². The second-order valence-electron chi connectivity index (χ2n) is 6.45. The number of nitrogens with zero attached hydrogens (tertiary/aromatic N) is 1. The van der Waals surface area contributed by atoms with E-state index in [1.165, 1.54) is 44.0 Å². The molecule has 0 aliphatic heterocycles. The third-order valence-electron chi connectivity index (χ3n) is 4.96. The number of rotatable bonds is 2. The molecule has 0 radical (unpaired) electrons. The molecular formula is C23H21N. The van der Waals surface area contributed by atoms with Crippen LogP contribution in [0.3, 0.4) is 0 Å². The maximum atomic E-state index is 2.31. The molecule has 24 heavy (non-hydrogen) atoms. The van der Waals surface area contributed by atoms with Gasteiger partial charge in [-0.05, 0) is 47.9 Å². The summed E-state index contributed by atoms with van der Waals surface area (Å²) in [5, 5.41) is 5.23. The topological polar surface area (TPSA) is 3.24 Å². The highest BCUT2D eigenvalue weighted by molar-refractivity contribution is 6.03. The lowest BCUT2D eigenvalue weighted by Crippen LogP contribution is -2.10. The van der Waals surface area contributed by atoms with Gasteiger partial charge in [-0.25, -0.2) is 0 Å². The zero-order valence-corrected chi connectivity index (χ0v) is 14.4. The number of hydrogen-bond acceptors (Lipinski definition) is 1. The molecule has 0 amide bonds. The Morgan fingerprint density at radius 3 is 1.29 bits per heavy atom. The summed E-state index contributed by atoms with van der Waals surface area (Å²) in [6.45, 7) is 4.35. The predicted octanol–water partition coefficient (Wildman–Crippen LogP) is 6.38. The van der Waals surface area contributed by atoms with Gasteiger partial charge >= 0.3 is 0 Å². The van der Waals surface area contributed by atoms with Crippen LogP contribution in [0, 0.1) is 13.8 Å². The van der Waals surface area contributed by atoms with Crippen LogP contribution >= 0.6 is 0 Å². The van der Waals surface area contributed by atoms with Crippen LogP contribution in [0.5, 0.6) is 0 Å². The molecule has 0 fully saturated rings. The lowest BCUT2D eigenvalue weighted by atomic mass is 10.0. The van der Waals surface area contributed by atoms with Crippen LogP contribution in [-0.2, 0) is 0 Å². The Hall–Kier alpha value is -2.80. The van der Waals surface area contributed by atoms with Crippen molar-refractivity contribution in [1.82, 2.24) is 0 Å². The van der Waals surface area contributed by atoms with Gasteiger partial charge in [0.1, 0.15) is 0 Å². The zero-order chi connectivity index (χ0) is 16.7. The molecule has 0 aliphatic rings. The minimum Gasteiger partial charge on any atom is -0.344 e. The van der Waals surface area contributed by atoms with Crippen molar-refractivity contribution in [3.05, 3.63) is 83.9 Å². The lowest BCUT2D eigenvalue weighted by molar-refractivity contribution is 1.23. The molecule has 0 atom stereocenters. The molecule has 4 aromatic carbocycles. The number of fused-ring (bicyclic) bond motifs is 2. The van der Waals surface area contributed by atoms with Gasteiger partial charge in [0.05, 0.1) is 0 Å². The second kappa shape index (κ2) is 5.68. The Morgan fingerprint density at radius 2 is 0.875 bits per heavy atom. The van der Waals surface area contributed by atoms with Gasteiger partial charge in [-0.3, -0.25) is 0 Å². The number of aryl methyl sites for hydroxylation is 2. The van der Waals surface area contributed by atoms with Crippen LogP contribution in [0.4, 0.5) is 11.4 Å². The van der Waals surface area contributed by atoms with E-state index in [-0.39, 0.29) is 0 Å². The van der Waals surface area contributed by atoms with Crippen molar-refractivity contribution in [2.45, 2.75) is 13.8 Å². The van der Waals surface area contributed by atoms with Crippen LogP contribution < -0.4 is 4.90 Å². The Kier molecular flexibility index (Phi) is 3.50. The first-order chi connectivity index (χ1) is 11.7. The Morgan fingerprint density at radius 1 is 0.500 bits per heavy atom. The third kappa shape index (κ3) is 2.25. The molecule has 4 aromatic rings. The quantitative estimate of drug-likeness (QED) is 0.415. The van der Waals surface area contributed by atoms with Gasteiger partial charge in [-0.15, -0.1) is 0 Å². The average molecular weight is 311 g/mol. The predicted molar refractivity (Wildman–Crippen MR) is 105 cm³/mol. The molecule has 0 unspecified atom stereocenters. The van der Waals surface area contributed by atoms with E-state index in [1.807, 2.05) is 0 Å². The molecule has 0 saturated carbocycles. The van der Waals surface area contributed by atoms with E-state index < -0.39 is 0 Å². The van der Waals surface area contributed by atoms with E-state index in [2.05, 4.69) is 98.6 Å². The fraction of sp³-hybridized carbons (Fsp3) is 0.130. The fourth-order valence-corrected chi connectivity index (χ4v) is 3.58. The van der Waals surface area contributed by atoms with Crippen LogP contribution in [0.1, 0.15) is 11.1 Å². The first-order valence-electron chi connectivity index (χ1n) is 8.37. The summed E-state index contributed by atoms with van der Waals surface area (Å²) in [6, 6.07) is 26.2. The van der Waals surface area contributed by atoms with Crippen molar-refractivity contribution in [3.8, 4) is 0 Å². The van der Waals surface area contributed by atoms with Crippen molar-refractivity contribution in [1.29, 1.82) is 0 Å². The van der Waals surface area contributed by atoms with Crippen LogP contribution in [-0.4, -0.2) is 7.05 Å². The van der Waals surface area contributed by atoms with Crippen molar-refractivity contribution in [3.63, 3.8) is 0 Å². The molecule has 4 rings (SSSR count). The van der Waals surface area contributed by atoms with Crippen LogP contribution in [0.2, 0.25) is 0 Å². The van der Waals surface area contributed by atoms with Crippen molar-refractivity contribution in [2.24, 2.45) is 0 Å². The maximum Gasteiger partial charge on any atom is 0.0488 e. The fourth-order valence-electron chi connectivity index (χ4n) is 3.58. The normalized spacial score (nSPS) is 11.1. The average Bonchev–Trinajstić information content (AvgIpc) is 2.62. The van der Waals surface area contributed by atoms with Gasteiger partial charge in [0.25, 0.3) is 0 Å². The van der Waals surface area contributed by atoms with E-state index in [1.54, 1.807) is 0 Å². The van der Waals surface area contributed by atoms with Crippen molar-refractivity contribution < 1.29 is 0 Å². The standard InChI is InChI=1S/C23H21N/c1-16-12-14-22(20-10-6-4-8-18(16)20)24(3)23-15-13-17(2)19-9-5-7-11-21(19)23/h4-15H,1-3H3. The van der Waals surface area contributed by atoms with Crippen LogP contribution in [0.25, 0.3) is 21.5 Å². The molecule has 0 aliphatic carbocycles. The maximum absolute atomic E-state index is 2.31. The van der Waals surface area contributed by atoms with E-state index in [0.717, 1.165) is 0 Å². The van der Waals surface area contributed by atoms with E-state index in [9.17, 15) is 0 Å². The van der Waals surface area contributed by atoms with Gasteiger partial charge in [0.2, 0.25) is 0 Å². The summed E-state index contributed by atoms with van der Waals surface area (Å²) >= 11 is 0. The van der Waals surface area contributed by atoms with Gasteiger partial charge in [0.15, 0.2) is 0 Å². The lowest BCUT2D eigenvalue weighted by Gasteiger charge is -2.24. The van der Waals surface area contributed by atoms with Gasteiger partial charge in [0, 0.05) is 29.2 Å². The molecule has 0 spiro atoms.